The zero-order valence-corrected chi connectivity index (χ0v) is 18.6. The first-order valence-corrected chi connectivity index (χ1v) is 12.2. The van der Waals surface area contributed by atoms with Crippen LogP contribution in [0.2, 0.25) is 0 Å². The molecule has 0 aromatic rings. The molecule has 0 fully saturated rings. The van der Waals surface area contributed by atoms with Crippen molar-refractivity contribution in [3.05, 3.63) is 0 Å². The van der Waals surface area contributed by atoms with E-state index in [-0.39, 0.29) is 0 Å². The quantitative estimate of drug-likeness (QED) is 0.132. The smallest absolute Gasteiger partial charge is 0.329 e. The van der Waals surface area contributed by atoms with Gasteiger partial charge in [0.05, 0.1) is 13.0 Å². The van der Waals surface area contributed by atoms with Gasteiger partial charge in [0.1, 0.15) is 0 Å². The van der Waals surface area contributed by atoms with Crippen LogP contribution in [0.15, 0.2) is 0 Å². The summed E-state index contributed by atoms with van der Waals surface area (Å²) < 4.78 is 41.3. The van der Waals surface area contributed by atoms with Gasteiger partial charge in [-0.3, -0.25) is 14.1 Å². The lowest BCUT2D eigenvalue weighted by Crippen LogP contribution is -2.36. The van der Waals surface area contributed by atoms with Gasteiger partial charge in [0.2, 0.25) is 0 Å². The highest BCUT2D eigenvalue weighted by Gasteiger charge is 2.35. The summed E-state index contributed by atoms with van der Waals surface area (Å²) in [4.78, 5) is 22.4. The van der Waals surface area contributed by atoms with Gasteiger partial charge in [-0.15, -0.1) is 0 Å². The van der Waals surface area contributed by atoms with Crippen molar-refractivity contribution in [2.75, 3.05) is 6.61 Å². The van der Waals surface area contributed by atoms with Gasteiger partial charge in [-0.1, -0.05) is 77.6 Å². The van der Waals surface area contributed by atoms with Crippen molar-refractivity contribution in [2.45, 2.75) is 109 Å². The predicted octanol–water partition coefficient (Wildman–Crippen LogP) is 4.32. The fourth-order valence-corrected chi connectivity index (χ4v) is 3.59. The van der Waals surface area contributed by atoms with Crippen LogP contribution >= 0.6 is 0 Å². The van der Waals surface area contributed by atoms with Crippen LogP contribution in [0.1, 0.15) is 97.3 Å². The topological polar surface area (TPSA) is 127 Å². The van der Waals surface area contributed by atoms with Gasteiger partial charge in [0.15, 0.2) is 11.5 Å². The first kappa shape index (κ1) is 27.8. The molecule has 0 aliphatic rings. The molecular weight excluding hydrogens is 400 g/mol. The average Bonchev–Trinajstić information content (AvgIpc) is 2.62. The fourth-order valence-electron chi connectivity index (χ4n) is 2.93. The molecule has 9 heteroatoms. The van der Waals surface area contributed by atoms with Gasteiger partial charge in [-0.2, -0.15) is 8.42 Å². The molecule has 0 rings (SSSR count). The largest absolute Gasteiger partial charge is 0.481 e. The first-order valence-electron chi connectivity index (χ1n) is 10.7. The lowest BCUT2D eigenvalue weighted by Gasteiger charge is -2.17. The van der Waals surface area contributed by atoms with E-state index in [4.69, 9.17) is 19.1 Å². The zero-order valence-electron chi connectivity index (χ0n) is 17.8. The number of ether oxygens (including phenoxy) is 2. The third-order valence-corrected chi connectivity index (χ3v) is 5.69. The number of aliphatic carboxylic acids is 1. The van der Waals surface area contributed by atoms with Crippen molar-refractivity contribution in [2.24, 2.45) is 0 Å². The van der Waals surface area contributed by atoms with Gasteiger partial charge in [0, 0.05) is 0 Å². The molecule has 172 valence electrons. The number of rotatable bonds is 19. The maximum Gasteiger partial charge on any atom is 0.329 e. The van der Waals surface area contributed by atoms with Crippen LogP contribution in [0.5, 0.6) is 0 Å². The van der Waals surface area contributed by atoms with E-state index in [1.807, 2.05) is 0 Å². The number of hydrogen-bond acceptors (Lipinski definition) is 6. The average molecular weight is 439 g/mol. The summed E-state index contributed by atoms with van der Waals surface area (Å²) in [5.41, 5.74) is 0. The number of esters is 1. The minimum absolute atomic E-state index is 0.349. The van der Waals surface area contributed by atoms with E-state index in [1.165, 1.54) is 64.7 Å². The van der Waals surface area contributed by atoms with E-state index in [2.05, 4.69) is 6.92 Å². The number of carboxylic acids is 1. The van der Waals surface area contributed by atoms with Crippen LogP contribution in [0.4, 0.5) is 0 Å². The van der Waals surface area contributed by atoms with Crippen LogP contribution in [0, 0.1) is 0 Å². The summed E-state index contributed by atoms with van der Waals surface area (Å²) in [5.74, 6) is -2.87. The summed E-state index contributed by atoms with van der Waals surface area (Å²) in [7, 11) is -4.86. The molecule has 0 radical (unpaired) electrons. The lowest BCUT2D eigenvalue weighted by molar-refractivity contribution is -0.175. The van der Waals surface area contributed by atoms with E-state index < -0.39 is 40.0 Å². The van der Waals surface area contributed by atoms with Crippen LogP contribution in [-0.4, -0.2) is 48.2 Å². The molecule has 0 saturated heterocycles. The lowest BCUT2D eigenvalue weighted by atomic mass is 10.1. The van der Waals surface area contributed by atoms with Gasteiger partial charge in [0.25, 0.3) is 10.1 Å². The number of carbonyl (C=O) groups is 2. The zero-order chi connectivity index (χ0) is 22.1. The second kappa shape index (κ2) is 16.6. The molecule has 0 bridgehead atoms. The van der Waals surface area contributed by atoms with Gasteiger partial charge < -0.3 is 14.6 Å². The summed E-state index contributed by atoms with van der Waals surface area (Å²) in [6.45, 7) is 3.99. The Morgan fingerprint density at radius 1 is 0.862 bits per heavy atom. The summed E-state index contributed by atoms with van der Waals surface area (Å²) in [6.07, 6.45) is 12.4. The Morgan fingerprint density at radius 2 is 1.31 bits per heavy atom. The third-order valence-electron chi connectivity index (χ3n) is 4.62. The van der Waals surface area contributed by atoms with Crippen LogP contribution in [0.3, 0.4) is 0 Å². The molecule has 0 saturated carbocycles. The van der Waals surface area contributed by atoms with E-state index in [1.54, 1.807) is 0 Å². The first-order chi connectivity index (χ1) is 13.7. The van der Waals surface area contributed by atoms with E-state index in [0.717, 1.165) is 19.3 Å². The molecule has 8 nitrogen and oxygen atoms in total. The highest BCUT2D eigenvalue weighted by molar-refractivity contribution is 7.87. The Hall–Kier alpha value is -1.19. The molecule has 0 amide bonds. The van der Waals surface area contributed by atoms with Crippen LogP contribution in [0.25, 0.3) is 0 Å². The highest BCUT2D eigenvalue weighted by Crippen LogP contribution is 2.13. The standard InChI is InChI=1S/C20H38O8S/c1-3-4-5-6-7-8-9-10-11-12-13-14-15-27-17(2)28-20(23)18(16-19(21)22)29(24,25)26/h17-18H,3-16H2,1-2H3,(H,21,22)(H,24,25,26). The number of carbonyl (C=O) groups excluding carboxylic acids is 1. The molecule has 0 heterocycles. The van der Waals surface area contributed by atoms with E-state index in [9.17, 15) is 18.0 Å². The summed E-state index contributed by atoms with van der Waals surface area (Å²) in [5, 5.41) is 6.50. The van der Waals surface area contributed by atoms with E-state index >= 15 is 0 Å². The van der Waals surface area contributed by atoms with Crippen molar-refractivity contribution in [3.63, 3.8) is 0 Å². The Balaban J connectivity index is 3.75. The Labute approximate surface area is 175 Å². The summed E-state index contributed by atoms with van der Waals surface area (Å²) in [6, 6.07) is 0. The van der Waals surface area contributed by atoms with Gasteiger partial charge in [-0.05, 0) is 13.3 Å². The minimum Gasteiger partial charge on any atom is -0.481 e. The monoisotopic (exact) mass is 438 g/mol. The molecular formula is C20H38O8S. The van der Waals surface area contributed by atoms with Gasteiger partial charge in [-0.25, -0.2) is 0 Å². The van der Waals surface area contributed by atoms with Crippen molar-refractivity contribution in [3.8, 4) is 0 Å². The Kier molecular flexibility index (Phi) is 15.9. The molecule has 2 atom stereocenters. The maximum absolute atomic E-state index is 11.8. The maximum atomic E-state index is 11.8. The van der Waals surface area contributed by atoms with Crippen molar-refractivity contribution in [1.82, 2.24) is 0 Å². The fraction of sp³-hybridized carbons (Fsp3) is 0.900. The molecule has 0 spiro atoms. The van der Waals surface area contributed by atoms with E-state index in [0.29, 0.717) is 6.61 Å². The highest BCUT2D eigenvalue weighted by atomic mass is 32.2. The summed E-state index contributed by atoms with van der Waals surface area (Å²) >= 11 is 0. The van der Waals surface area contributed by atoms with Gasteiger partial charge >= 0.3 is 11.9 Å². The molecule has 0 aliphatic carbocycles. The minimum atomic E-state index is -4.86. The molecule has 29 heavy (non-hydrogen) atoms. The van der Waals surface area contributed by atoms with Crippen molar-refractivity contribution < 1.29 is 37.1 Å². The molecule has 0 aliphatic heterocycles. The molecule has 0 aromatic heterocycles. The molecule has 2 N–H and O–H groups in total. The SMILES string of the molecule is CCCCCCCCCCCCCCOC(C)OC(=O)C(CC(=O)O)S(=O)(=O)O. The normalized spacial score (nSPS) is 13.8. The van der Waals surface area contributed by atoms with Crippen molar-refractivity contribution in [1.29, 1.82) is 0 Å². The molecule has 2 unspecified atom stereocenters. The van der Waals surface area contributed by atoms with Crippen LogP contribution in [-0.2, 0) is 29.2 Å². The number of hydrogen-bond donors (Lipinski definition) is 2. The van der Waals surface area contributed by atoms with Crippen LogP contribution < -0.4 is 0 Å². The predicted molar refractivity (Wildman–Crippen MR) is 110 cm³/mol. The Morgan fingerprint density at radius 3 is 1.72 bits per heavy atom. The van der Waals surface area contributed by atoms with Crippen molar-refractivity contribution >= 4 is 22.1 Å². The Bertz CT molecular complexity index is 547. The molecule has 0 aromatic carbocycles. The number of unbranched alkanes of at least 4 members (excludes halogenated alkanes) is 11. The second-order valence-electron chi connectivity index (χ2n) is 7.37. The number of carboxylic acid groups (broad SMARTS) is 1. The third kappa shape index (κ3) is 16.3. The second-order valence-corrected chi connectivity index (χ2v) is 8.96.